The number of rotatable bonds is 7. The normalized spacial score (nSPS) is 9.50. The van der Waals surface area contributed by atoms with Crippen LogP contribution in [-0.4, -0.2) is 18.5 Å². The van der Waals surface area contributed by atoms with Crippen molar-refractivity contribution in [3.63, 3.8) is 0 Å². The Bertz CT molecular complexity index is 784. The molecule has 0 spiro atoms. The summed E-state index contributed by atoms with van der Waals surface area (Å²) in [5, 5.41) is 2.63. The van der Waals surface area contributed by atoms with Gasteiger partial charge in [-0.1, -0.05) is 24.8 Å². The quantitative estimate of drug-likeness (QED) is 0.367. The summed E-state index contributed by atoms with van der Waals surface area (Å²) in [6.45, 7) is 3.40. The second-order valence-electron chi connectivity index (χ2n) is 4.74. The van der Waals surface area contributed by atoms with Crippen LogP contribution in [0.25, 0.3) is 6.08 Å². The van der Waals surface area contributed by atoms with Crippen molar-refractivity contribution < 1.29 is 19.1 Å². The van der Waals surface area contributed by atoms with Crippen LogP contribution in [0.1, 0.15) is 5.56 Å². The van der Waals surface area contributed by atoms with Gasteiger partial charge in [0.2, 0.25) is 5.91 Å². The monoisotopic (exact) mass is 321 g/mol. The summed E-state index contributed by atoms with van der Waals surface area (Å²) in [4.78, 5) is 33.1. The number of carbonyl (C=O) groups excluding carboxylic acids is 3. The lowest BCUT2D eigenvalue weighted by Crippen LogP contribution is -2.07. The Kier molecular flexibility index (Phi) is 5.80. The van der Waals surface area contributed by atoms with E-state index in [1.54, 1.807) is 30.3 Å². The molecule has 0 fully saturated rings. The average Bonchev–Trinajstić information content (AvgIpc) is 2.62. The first-order valence-corrected chi connectivity index (χ1v) is 7.08. The van der Waals surface area contributed by atoms with Gasteiger partial charge in [-0.05, 0) is 36.4 Å². The number of hydrogen-bond acceptors (Lipinski definition) is 4. The lowest BCUT2D eigenvalue weighted by atomic mass is 10.1. The van der Waals surface area contributed by atoms with E-state index in [2.05, 4.69) is 11.9 Å². The second-order valence-corrected chi connectivity index (χ2v) is 4.74. The summed E-state index contributed by atoms with van der Waals surface area (Å²) in [5.74, 6) is 0.618. The number of aldehydes is 2. The number of hydrogen-bond donors (Lipinski definition) is 1. The zero-order valence-electron chi connectivity index (χ0n) is 12.8. The minimum absolute atomic E-state index is 0.0178. The fourth-order valence-electron chi connectivity index (χ4n) is 1.90. The molecule has 0 bridgehead atoms. The number of ether oxygens (including phenoxy) is 1. The van der Waals surface area contributed by atoms with Gasteiger partial charge in [0.15, 0.2) is 12.6 Å². The summed E-state index contributed by atoms with van der Waals surface area (Å²) in [6.07, 6.45) is 3.50. The van der Waals surface area contributed by atoms with Gasteiger partial charge in [0.25, 0.3) is 0 Å². The Balaban J connectivity index is 2.43. The van der Waals surface area contributed by atoms with Gasteiger partial charge in [-0.15, -0.1) is 0 Å². The first-order valence-electron chi connectivity index (χ1n) is 7.08. The maximum absolute atomic E-state index is 11.4. The number of nitrogens with one attached hydrogen (secondary N) is 1. The molecule has 2 aromatic rings. The molecule has 0 atom stereocenters. The van der Waals surface area contributed by atoms with Crippen molar-refractivity contribution in [1.29, 1.82) is 0 Å². The first-order chi connectivity index (χ1) is 11.7. The number of amides is 1. The van der Waals surface area contributed by atoms with Crippen molar-refractivity contribution in [2.45, 2.75) is 0 Å². The zero-order chi connectivity index (χ0) is 17.4. The predicted molar refractivity (Wildman–Crippen MR) is 91.9 cm³/mol. The molecule has 1 N–H and O–H groups in total. The highest BCUT2D eigenvalue weighted by Gasteiger charge is 2.08. The minimum Gasteiger partial charge on any atom is -0.457 e. The molecule has 2 aromatic carbocycles. The third-order valence-electron chi connectivity index (χ3n) is 3.03. The van der Waals surface area contributed by atoms with Crippen molar-refractivity contribution >= 4 is 30.2 Å². The number of para-hydroxylation sites is 1. The summed E-state index contributed by atoms with van der Waals surface area (Å²) < 4.78 is 5.80. The fourth-order valence-corrected chi connectivity index (χ4v) is 1.90. The Morgan fingerprint density at radius 3 is 2.38 bits per heavy atom. The van der Waals surface area contributed by atoms with Gasteiger partial charge in [0, 0.05) is 17.3 Å². The predicted octanol–water partition coefficient (Wildman–Crippen LogP) is 3.38. The van der Waals surface area contributed by atoms with Gasteiger partial charge in [0.1, 0.15) is 11.5 Å². The maximum atomic E-state index is 11.4. The van der Waals surface area contributed by atoms with Gasteiger partial charge >= 0.3 is 0 Å². The largest absolute Gasteiger partial charge is 0.457 e. The molecule has 0 aromatic heterocycles. The van der Waals surface area contributed by atoms with E-state index in [1.807, 2.05) is 18.2 Å². The van der Waals surface area contributed by atoms with Crippen LogP contribution in [0.15, 0.2) is 66.8 Å². The highest BCUT2D eigenvalue weighted by molar-refractivity contribution is 6.05. The van der Waals surface area contributed by atoms with Crippen LogP contribution in [0.2, 0.25) is 0 Å². The van der Waals surface area contributed by atoms with E-state index in [9.17, 15) is 14.4 Å². The van der Waals surface area contributed by atoms with E-state index in [4.69, 9.17) is 4.74 Å². The molecule has 0 saturated heterocycles. The van der Waals surface area contributed by atoms with E-state index in [1.165, 1.54) is 6.08 Å². The van der Waals surface area contributed by atoms with Gasteiger partial charge in [-0.3, -0.25) is 14.4 Å². The highest BCUT2D eigenvalue weighted by Crippen LogP contribution is 2.30. The third kappa shape index (κ3) is 4.51. The van der Waals surface area contributed by atoms with Crippen LogP contribution < -0.4 is 10.1 Å². The van der Waals surface area contributed by atoms with Crippen LogP contribution in [0.4, 0.5) is 5.69 Å². The minimum atomic E-state index is -0.356. The van der Waals surface area contributed by atoms with Gasteiger partial charge < -0.3 is 10.1 Å². The highest BCUT2D eigenvalue weighted by atomic mass is 16.5. The molecule has 120 valence electrons. The van der Waals surface area contributed by atoms with E-state index in [0.717, 1.165) is 6.08 Å². The Labute approximate surface area is 139 Å². The molecule has 5 nitrogen and oxygen atoms in total. The lowest BCUT2D eigenvalue weighted by Gasteiger charge is -2.11. The van der Waals surface area contributed by atoms with Crippen molar-refractivity contribution in [1.82, 2.24) is 0 Å². The standard InChI is InChI=1S/C19H15NO4/c1-2-19(23)20-16-9-8-15(10-14(12-21)13-22)18(11-16)24-17-6-4-3-5-7-17/h2-13H,1H2,(H,20,23). The van der Waals surface area contributed by atoms with Crippen LogP contribution in [0, 0.1) is 0 Å². The lowest BCUT2D eigenvalue weighted by molar-refractivity contribution is -0.112. The molecule has 0 aliphatic carbocycles. The molecule has 5 heteroatoms. The van der Waals surface area contributed by atoms with Gasteiger partial charge in [-0.25, -0.2) is 0 Å². The molecule has 0 saturated carbocycles. The molecular formula is C19H15NO4. The second kappa shape index (κ2) is 8.24. The zero-order valence-corrected chi connectivity index (χ0v) is 12.8. The number of benzene rings is 2. The van der Waals surface area contributed by atoms with Gasteiger partial charge in [0.05, 0.1) is 5.57 Å². The first kappa shape index (κ1) is 16.9. The molecule has 0 aliphatic rings. The molecule has 0 unspecified atom stereocenters. The van der Waals surface area contributed by atoms with Crippen molar-refractivity contribution in [2.75, 3.05) is 5.32 Å². The number of allylic oxidation sites excluding steroid dienone is 1. The van der Waals surface area contributed by atoms with Gasteiger partial charge in [-0.2, -0.15) is 0 Å². The molecule has 0 aliphatic heterocycles. The number of carbonyl (C=O) groups is 3. The van der Waals surface area contributed by atoms with E-state index in [0.29, 0.717) is 35.3 Å². The summed E-state index contributed by atoms with van der Waals surface area (Å²) >= 11 is 0. The average molecular weight is 321 g/mol. The smallest absolute Gasteiger partial charge is 0.247 e. The van der Waals surface area contributed by atoms with E-state index in [-0.39, 0.29) is 11.5 Å². The Morgan fingerprint density at radius 2 is 1.75 bits per heavy atom. The van der Waals surface area contributed by atoms with E-state index >= 15 is 0 Å². The molecule has 0 radical (unpaired) electrons. The molecule has 2 rings (SSSR count). The fraction of sp³-hybridized carbons (Fsp3) is 0. The third-order valence-corrected chi connectivity index (χ3v) is 3.03. The number of anilines is 1. The van der Waals surface area contributed by atoms with Crippen LogP contribution in [0.5, 0.6) is 11.5 Å². The topological polar surface area (TPSA) is 72.5 Å². The van der Waals surface area contributed by atoms with Crippen molar-refractivity contribution in [3.05, 3.63) is 72.3 Å². The van der Waals surface area contributed by atoms with Crippen molar-refractivity contribution in [2.24, 2.45) is 0 Å². The molecule has 1 amide bonds. The van der Waals surface area contributed by atoms with Crippen LogP contribution in [-0.2, 0) is 14.4 Å². The molecule has 0 heterocycles. The van der Waals surface area contributed by atoms with Crippen LogP contribution in [0.3, 0.4) is 0 Å². The summed E-state index contributed by atoms with van der Waals surface area (Å²) in [7, 11) is 0. The summed E-state index contributed by atoms with van der Waals surface area (Å²) in [5.41, 5.74) is 1.02. The molecular weight excluding hydrogens is 306 g/mol. The van der Waals surface area contributed by atoms with Crippen molar-refractivity contribution in [3.8, 4) is 11.5 Å². The van der Waals surface area contributed by atoms with E-state index < -0.39 is 0 Å². The maximum Gasteiger partial charge on any atom is 0.247 e. The summed E-state index contributed by atoms with van der Waals surface area (Å²) in [6, 6.07) is 13.9. The molecule has 24 heavy (non-hydrogen) atoms. The van der Waals surface area contributed by atoms with Crippen LogP contribution >= 0.6 is 0 Å². The Morgan fingerprint density at radius 1 is 1.04 bits per heavy atom. The SMILES string of the molecule is C=CC(=O)Nc1ccc(C=C(C=O)C=O)c(Oc2ccccc2)c1. The Hall–Kier alpha value is -3.47.